The van der Waals surface area contributed by atoms with Crippen LogP contribution in [0.5, 0.6) is 0 Å². The van der Waals surface area contributed by atoms with Crippen LogP contribution >= 0.6 is 11.8 Å². The fourth-order valence-electron chi connectivity index (χ4n) is 4.17. The first-order valence-electron chi connectivity index (χ1n) is 10.9. The predicted molar refractivity (Wildman–Crippen MR) is 122 cm³/mol. The summed E-state index contributed by atoms with van der Waals surface area (Å²) in [6.45, 7) is 0.482. The molecule has 2 atom stereocenters. The van der Waals surface area contributed by atoms with Crippen molar-refractivity contribution < 1.29 is 35.8 Å². The molecule has 0 aliphatic carbocycles. The van der Waals surface area contributed by atoms with Gasteiger partial charge in [0.15, 0.2) is 5.09 Å². The van der Waals surface area contributed by atoms with E-state index < -0.39 is 42.0 Å². The van der Waals surface area contributed by atoms with E-state index in [1.807, 2.05) is 0 Å². The van der Waals surface area contributed by atoms with E-state index in [-0.39, 0.29) is 24.1 Å². The molecule has 0 saturated heterocycles. The molecule has 2 unspecified atom stereocenters. The van der Waals surface area contributed by atoms with Crippen molar-refractivity contribution in [3.8, 4) is 0 Å². The number of benzene rings is 2. The van der Waals surface area contributed by atoms with E-state index >= 15 is 0 Å². The highest BCUT2D eigenvalue weighted by atomic mass is 32.2. The van der Waals surface area contributed by atoms with Crippen LogP contribution in [-0.4, -0.2) is 30.3 Å². The normalized spacial score (nSPS) is 21.1. The molecular weight excluding hydrogens is 508 g/mol. The molecule has 4 rings (SSSR count). The molecule has 0 spiro atoms. The van der Waals surface area contributed by atoms with Crippen LogP contribution in [0.2, 0.25) is 0 Å². The van der Waals surface area contributed by atoms with Gasteiger partial charge in [0, 0.05) is 34.3 Å². The molecule has 0 aromatic heterocycles. The number of nitroso groups, excluding NO2 is 1. The third kappa shape index (κ3) is 5.70. The minimum Gasteiger partial charge on any atom is -0.434 e. The van der Waals surface area contributed by atoms with Gasteiger partial charge in [-0.3, -0.25) is 5.32 Å². The summed E-state index contributed by atoms with van der Waals surface area (Å²) in [6.07, 6.45) is -7.00. The predicted octanol–water partition coefficient (Wildman–Crippen LogP) is 5.75. The van der Waals surface area contributed by atoms with Crippen molar-refractivity contribution in [2.24, 2.45) is 0 Å². The first kappa shape index (κ1) is 26.1. The molecule has 0 fully saturated rings. The largest absolute Gasteiger partial charge is 0.434 e. The van der Waals surface area contributed by atoms with Gasteiger partial charge in [0.25, 0.3) is 0 Å². The lowest BCUT2D eigenvalue weighted by Crippen LogP contribution is -2.45. The van der Waals surface area contributed by atoms with Gasteiger partial charge in [0.1, 0.15) is 0 Å². The molecule has 0 bridgehead atoms. The summed E-state index contributed by atoms with van der Waals surface area (Å²) < 4.78 is 87.4. The molecule has 2 aliphatic heterocycles. The van der Waals surface area contributed by atoms with Gasteiger partial charge >= 0.3 is 12.4 Å². The third-order valence-corrected chi connectivity index (χ3v) is 6.50. The Labute approximate surface area is 207 Å². The Hall–Kier alpha value is -2.99. The van der Waals surface area contributed by atoms with Gasteiger partial charge in [0.05, 0.1) is 23.4 Å². The number of halogens is 6. The molecule has 0 amide bonds. The van der Waals surface area contributed by atoms with Gasteiger partial charge in [-0.25, -0.2) is 0 Å². The zero-order valence-electron chi connectivity index (χ0n) is 18.9. The first-order chi connectivity index (χ1) is 17.0. The standard InChI is InChI=1S/C24H22F6N3O2S/c1-36-21-11-19(15-5-3-2-4-6-15)33(34)20(18-12-31-13-32-22(18)35-21)9-14-7-16(23(25,26)27)10-17(8-14)24(28,29)30/h2-8,10-11,19-20,31-32H,9,12-13H2,1H3/q+1. The Morgan fingerprint density at radius 2 is 1.67 bits per heavy atom. The zero-order valence-corrected chi connectivity index (χ0v) is 19.7. The number of thioether (sulfide) groups is 1. The van der Waals surface area contributed by atoms with Crippen LogP contribution in [0, 0.1) is 4.91 Å². The van der Waals surface area contributed by atoms with Crippen molar-refractivity contribution in [3.63, 3.8) is 0 Å². The Morgan fingerprint density at radius 3 is 2.25 bits per heavy atom. The van der Waals surface area contributed by atoms with Crippen LogP contribution in [-0.2, 0) is 23.5 Å². The Bertz CT molecular complexity index is 1160. The minimum absolute atomic E-state index is 0.0778. The maximum Gasteiger partial charge on any atom is 0.416 e. The SMILES string of the molecule is CSC1=CC(c2ccccc2)[N+](=O)C(Cc2cc(C(F)(F)F)cc(C(F)(F)F)c2)C2=C(NCNC2)O1. The number of ether oxygens (including phenoxy) is 1. The third-order valence-electron chi connectivity index (χ3n) is 5.88. The summed E-state index contributed by atoms with van der Waals surface area (Å²) >= 11 is 1.27. The van der Waals surface area contributed by atoms with E-state index in [2.05, 4.69) is 10.6 Å². The van der Waals surface area contributed by atoms with Gasteiger partial charge in [-0.1, -0.05) is 42.1 Å². The molecule has 12 heteroatoms. The zero-order chi connectivity index (χ0) is 26.1. The van der Waals surface area contributed by atoms with Gasteiger partial charge in [-0.15, -0.1) is 0 Å². The summed E-state index contributed by atoms with van der Waals surface area (Å²) in [5.41, 5.74) is -2.10. The second-order valence-corrected chi connectivity index (χ2v) is 9.09. The average molecular weight is 531 g/mol. The van der Waals surface area contributed by atoms with E-state index in [1.165, 1.54) is 11.8 Å². The summed E-state index contributed by atoms with van der Waals surface area (Å²) in [6, 6.07) is 8.09. The van der Waals surface area contributed by atoms with Crippen molar-refractivity contribution >= 4 is 11.8 Å². The van der Waals surface area contributed by atoms with Crippen LogP contribution in [0.1, 0.15) is 28.3 Å². The molecule has 2 N–H and O–H groups in total. The van der Waals surface area contributed by atoms with Crippen LogP contribution in [0.25, 0.3) is 0 Å². The summed E-state index contributed by atoms with van der Waals surface area (Å²) in [7, 11) is 0. The molecule has 2 heterocycles. The molecule has 36 heavy (non-hydrogen) atoms. The van der Waals surface area contributed by atoms with E-state index in [0.29, 0.717) is 39.8 Å². The summed E-state index contributed by atoms with van der Waals surface area (Å²) in [5.74, 6) is 0.259. The van der Waals surface area contributed by atoms with Gasteiger partial charge in [-0.05, 0) is 30.0 Å². The van der Waals surface area contributed by atoms with Crippen molar-refractivity contribution in [2.45, 2.75) is 30.9 Å². The molecule has 192 valence electrons. The minimum atomic E-state index is -4.99. The highest BCUT2D eigenvalue weighted by molar-refractivity contribution is 8.02. The second kappa shape index (κ2) is 10.2. The number of rotatable bonds is 4. The summed E-state index contributed by atoms with van der Waals surface area (Å²) in [4.78, 5) is 13.9. The lowest BCUT2D eigenvalue weighted by molar-refractivity contribution is -0.608. The van der Waals surface area contributed by atoms with E-state index in [1.54, 1.807) is 42.7 Å². The van der Waals surface area contributed by atoms with E-state index in [0.717, 1.165) is 0 Å². The fraction of sp³-hybridized carbons (Fsp3) is 0.333. The summed E-state index contributed by atoms with van der Waals surface area (Å²) in [5, 5.41) is 6.44. The number of hydrogen-bond acceptors (Lipinski definition) is 5. The highest BCUT2D eigenvalue weighted by Crippen LogP contribution is 2.38. The van der Waals surface area contributed by atoms with Gasteiger partial charge in [-0.2, -0.15) is 26.3 Å². The maximum atomic E-state index is 13.9. The molecule has 0 radical (unpaired) electrons. The number of alkyl halides is 6. The van der Waals surface area contributed by atoms with Crippen molar-refractivity contribution in [1.29, 1.82) is 0 Å². The average Bonchev–Trinajstić information content (AvgIpc) is 2.83. The molecule has 0 saturated carbocycles. The number of hydrogen-bond donors (Lipinski definition) is 2. The molecule has 2 aliphatic rings. The second-order valence-electron chi connectivity index (χ2n) is 8.28. The van der Waals surface area contributed by atoms with Gasteiger partial charge < -0.3 is 10.1 Å². The lowest BCUT2D eigenvalue weighted by Gasteiger charge is -2.28. The van der Waals surface area contributed by atoms with Crippen molar-refractivity contribution in [3.05, 3.63) is 98.3 Å². The molecule has 2 aromatic carbocycles. The molecule has 5 nitrogen and oxygen atoms in total. The first-order valence-corrected chi connectivity index (χ1v) is 12.1. The fourth-order valence-corrected chi connectivity index (χ4v) is 4.60. The topological polar surface area (TPSA) is 53.4 Å². The molecular formula is C24H22F6N3O2S+. The lowest BCUT2D eigenvalue weighted by atomic mass is 9.93. The molecule has 2 aromatic rings. The van der Waals surface area contributed by atoms with Crippen LogP contribution in [0.3, 0.4) is 0 Å². The maximum absolute atomic E-state index is 13.9. The van der Waals surface area contributed by atoms with Gasteiger partial charge in [0.2, 0.25) is 18.0 Å². The monoisotopic (exact) mass is 530 g/mol. The smallest absolute Gasteiger partial charge is 0.416 e. The Morgan fingerprint density at radius 1 is 1.03 bits per heavy atom. The van der Waals surface area contributed by atoms with E-state index in [9.17, 15) is 31.2 Å². The Balaban J connectivity index is 1.83. The van der Waals surface area contributed by atoms with Crippen LogP contribution < -0.4 is 10.6 Å². The Kier molecular flexibility index (Phi) is 7.37. The number of nitrogens with zero attached hydrogens (tertiary/aromatic N) is 1. The van der Waals surface area contributed by atoms with E-state index in [4.69, 9.17) is 4.74 Å². The van der Waals surface area contributed by atoms with Crippen LogP contribution in [0.15, 0.2) is 71.2 Å². The van der Waals surface area contributed by atoms with Crippen molar-refractivity contribution in [2.75, 3.05) is 19.5 Å². The highest BCUT2D eigenvalue weighted by Gasteiger charge is 2.43. The van der Waals surface area contributed by atoms with Crippen LogP contribution in [0.4, 0.5) is 26.3 Å². The number of nitrogens with one attached hydrogen (secondary N) is 2. The quantitative estimate of drug-likeness (QED) is 0.390. The van der Waals surface area contributed by atoms with Crippen molar-refractivity contribution in [1.82, 2.24) is 10.6 Å².